The fourth-order valence-electron chi connectivity index (χ4n) is 1.26. The standard InChI is InChI=1S/C7H13N3/c1-10(5-3-8)7-2-4-9-6-7/h7,9H,2,4-6H2,1H3. The minimum Gasteiger partial charge on any atom is -0.315 e. The van der Waals surface area contributed by atoms with Gasteiger partial charge in [0, 0.05) is 12.6 Å². The second kappa shape index (κ2) is 3.55. The molecule has 1 unspecified atom stereocenters. The highest BCUT2D eigenvalue weighted by Crippen LogP contribution is 2.04. The predicted molar refractivity (Wildman–Crippen MR) is 39.5 cm³/mol. The third-order valence-electron chi connectivity index (χ3n) is 1.98. The van der Waals surface area contributed by atoms with Gasteiger partial charge in [-0.3, -0.25) is 4.90 Å². The molecule has 10 heavy (non-hydrogen) atoms. The van der Waals surface area contributed by atoms with Crippen LogP contribution in [0.5, 0.6) is 0 Å². The van der Waals surface area contributed by atoms with Crippen LogP contribution in [-0.4, -0.2) is 37.6 Å². The van der Waals surface area contributed by atoms with Crippen molar-refractivity contribution in [1.82, 2.24) is 10.2 Å². The quantitative estimate of drug-likeness (QED) is 0.539. The number of nitrogens with zero attached hydrogens (tertiary/aromatic N) is 2. The van der Waals surface area contributed by atoms with Crippen LogP contribution in [0.3, 0.4) is 0 Å². The molecule has 1 aliphatic rings. The summed E-state index contributed by atoms with van der Waals surface area (Å²) < 4.78 is 0. The first-order valence-electron chi connectivity index (χ1n) is 3.62. The van der Waals surface area contributed by atoms with Crippen LogP contribution in [0.25, 0.3) is 0 Å². The van der Waals surface area contributed by atoms with Crippen LogP contribution in [0, 0.1) is 11.3 Å². The summed E-state index contributed by atoms with van der Waals surface area (Å²) in [6.07, 6.45) is 1.18. The zero-order valence-electron chi connectivity index (χ0n) is 6.30. The summed E-state index contributed by atoms with van der Waals surface area (Å²) in [5.74, 6) is 0. The normalized spacial score (nSPS) is 25.1. The van der Waals surface area contributed by atoms with Gasteiger partial charge in [-0.25, -0.2) is 0 Å². The van der Waals surface area contributed by atoms with Gasteiger partial charge < -0.3 is 5.32 Å². The Morgan fingerprint density at radius 3 is 3.10 bits per heavy atom. The van der Waals surface area contributed by atoms with E-state index in [-0.39, 0.29) is 0 Å². The Hall–Kier alpha value is -0.590. The van der Waals surface area contributed by atoms with Crippen molar-refractivity contribution in [1.29, 1.82) is 5.26 Å². The van der Waals surface area contributed by atoms with E-state index in [1.807, 2.05) is 7.05 Å². The molecule has 3 heteroatoms. The van der Waals surface area contributed by atoms with Crippen LogP contribution in [0.15, 0.2) is 0 Å². The second-order valence-corrected chi connectivity index (χ2v) is 2.72. The van der Waals surface area contributed by atoms with Gasteiger partial charge in [0.05, 0.1) is 12.6 Å². The number of nitriles is 1. The van der Waals surface area contributed by atoms with Crippen molar-refractivity contribution < 1.29 is 0 Å². The van der Waals surface area contributed by atoms with Crippen molar-refractivity contribution in [3.63, 3.8) is 0 Å². The van der Waals surface area contributed by atoms with Crippen LogP contribution >= 0.6 is 0 Å². The first-order valence-corrected chi connectivity index (χ1v) is 3.62. The molecule has 0 aliphatic carbocycles. The van der Waals surface area contributed by atoms with Gasteiger partial charge in [-0.1, -0.05) is 0 Å². The Labute approximate surface area is 61.6 Å². The Kier molecular flexibility index (Phi) is 2.67. The molecule has 1 fully saturated rings. The second-order valence-electron chi connectivity index (χ2n) is 2.72. The summed E-state index contributed by atoms with van der Waals surface area (Å²) in [5.41, 5.74) is 0. The van der Waals surface area contributed by atoms with Gasteiger partial charge in [0.15, 0.2) is 0 Å². The third-order valence-corrected chi connectivity index (χ3v) is 1.98. The Bertz CT molecular complexity index is 132. The molecular formula is C7H13N3. The predicted octanol–water partition coefficient (Wildman–Crippen LogP) is -0.196. The smallest absolute Gasteiger partial charge is 0.0866 e. The largest absolute Gasteiger partial charge is 0.315 e. The van der Waals surface area contributed by atoms with E-state index >= 15 is 0 Å². The summed E-state index contributed by atoms with van der Waals surface area (Å²) in [6.45, 7) is 2.69. The Morgan fingerprint density at radius 2 is 2.60 bits per heavy atom. The Balaban J connectivity index is 2.26. The van der Waals surface area contributed by atoms with E-state index in [0.717, 1.165) is 13.1 Å². The first kappa shape index (κ1) is 7.52. The van der Waals surface area contributed by atoms with Crippen LogP contribution in [0.2, 0.25) is 0 Å². The zero-order chi connectivity index (χ0) is 7.40. The SMILES string of the molecule is CN(CC#N)C1CCNC1. The number of nitrogens with one attached hydrogen (secondary N) is 1. The number of hydrogen-bond acceptors (Lipinski definition) is 3. The highest BCUT2D eigenvalue weighted by molar-refractivity contribution is 4.84. The van der Waals surface area contributed by atoms with Crippen molar-refractivity contribution in [3.8, 4) is 6.07 Å². The topological polar surface area (TPSA) is 39.1 Å². The molecule has 0 aromatic heterocycles. The maximum atomic E-state index is 8.38. The zero-order valence-corrected chi connectivity index (χ0v) is 6.30. The molecule has 0 aromatic carbocycles. The molecular weight excluding hydrogens is 126 g/mol. The highest BCUT2D eigenvalue weighted by Gasteiger charge is 2.17. The molecule has 1 rings (SSSR count). The summed E-state index contributed by atoms with van der Waals surface area (Å²) in [4.78, 5) is 2.10. The molecule has 0 aromatic rings. The number of likely N-dealkylation sites (N-methyl/N-ethyl adjacent to an activating group) is 1. The molecule has 1 atom stereocenters. The number of rotatable bonds is 2. The molecule has 1 heterocycles. The van der Waals surface area contributed by atoms with Crippen molar-refractivity contribution in [2.24, 2.45) is 0 Å². The molecule has 0 bridgehead atoms. The van der Waals surface area contributed by atoms with Crippen molar-refractivity contribution in [2.45, 2.75) is 12.5 Å². The van der Waals surface area contributed by atoms with E-state index in [9.17, 15) is 0 Å². The van der Waals surface area contributed by atoms with Crippen molar-refractivity contribution in [2.75, 3.05) is 26.7 Å². The van der Waals surface area contributed by atoms with Gasteiger partial charge in [0.1, 0.15) is 0 Å². The average molecular weight is 139 g/mol. The van der Waals surface area contributed by atoms with Gasteiger partial charge in [-0.15, -0.1) is 0 Å². The first-order chi connectivity index (χ1) is 4.84. The van der Waals surface area contributed by atoms with E-state index in [1.165, 1.54) is 6.42 Å². The van der Waals surface area contributed by atoms with Crippen LogP contribution in [0.1, 0.15) is 6.42 Å². The molecule has 1 N–H and O–H groups in total. The maximum Gasteiger partial charge on any atom is 0.0866 e. The lowest BCUT2D eigenvalue weighted by atomic mass is 10.2. The maximum absolute atomic E-state index is 8.38. The molecule has 0 radical (unpaired) electrons. The number of hydrogen-bond donors (Lipinski definition) is 1. The van der Waals surface area contributed by atoms with Crippen molar-refractivity contribution >= 4 is 0 Å². The lowest BCUT2D eigenvalue weighted by Crippen LogP contribution is -2.33. The summed E-state index contributed by atoms with van der Waals surface area (Å²) >= 11 is 0. The fraction of sp³-hybridized carbons (Fsp3) is 0.857. The van der Waals surface area contributed by atoms with Crippen LogP contribution in [-0.2, 0) is 0 Å². The van der Waals surface area contributed by atoms with E-state index in [4.69, 9.17) is 5.26 Å². The van der Waals surface area contributed by atoms with E-state index < -0.39 is 0 Å². The van der Waals surface area contributed by atoms with Gasteiger partial charge in [0.25, 0.3) is 0 Å². The molecule has 0 saturated carbocycles. The third kappa shape index (κ3) is 1.69. The molecule has 1 saturated heterocycles. The lowest BCUT2D eigenvalue weighted by Gasteiger charge is -2.19. The Morgan fingerprint density at radius 1 is 1.80 bits per heavy atom. The van der Waals surface area contributed by atoms with E-state index in [2.05, 4.69) is 16.3 Å². The monoisotopic (exact) mass is 139 g/mol. The minimum absolute atomic E-state index is 0.548. The lowest BCUT2D eigenvalue weighted by molar-refractivity contribution is 0.287. The fourth-order valence-corrected chi connectivity index (χ4v) is 1.26. The molecule has 1 aliphatic heterocycles. The summed E-state index contributed by atoms with van der Waals surface area (Å²) in [6, 6.07) is 2.73. The molecule has 0 amide bonds. The summed E-state index contributed by atoms with van der Waals surface area (Å²) in [7, 11) is 2.00. The van der Waals surface area contributed by atoms with Gasteiger partial charge in [-0.05, 0) is 20.0 Å². The van der Waals surface area contributed by atoms with Crippen LogP contribution in [0.4, 0.5) is 0 Å². The highest BCUT2D eigenvalue weighted by atomic mass is 15.2. The minimum atomic E-state index is 0.548. The average Bonchev–Trinajstić information content (AvgIpc) is 2.38. The summed E-state index contributed by atoms with van der Waals surface area (Å²) in [5, 5.41) is 11.6. The van der Waals surface area contributed by atoms with Gasteiger partial charge >= 0.3 is 0 Å². The van der Waals surface area contributed by atoms with Crippen LogP contribution < -0.4 is 5.32 Å². The van der Waals surface area contributed by atoms with Crippen molar-refractivity contribution in [3.05, 3.63) is 0 Å². The molecule has 0 spiro atoms. The van der Waals surface area contributed by atoms with E-state index in [0.29, 0.717) is 12.6 Å². The van der Waals surface area contributed by atoms with Gasteiger partial charge in [0.2, 0.25) is 0 Å². The molecule has 3 nitrogen and oxygen atoms in total. The molecule has 56 valence electrons. The van der Waals surface area contributed by atoms with E-state index in [1.54, 1.807) is 0 Å². The van der Waals surface area contributed by atoms with Gasteiger partial charge in [-0.2, -0.15) is 5.26 Å².